The number of carbonyl (C=O) groups is 1. The molecule has 1 heterocycles. The van der Waals surface area contributed by atoms with E-state index in [4.69, 9.17) is 16.9 Å². The van der Waals surface area contributed by atoms with Gasteiger partial charge in [0.25, 0.3) is 0 Å². The lowest BCUT2D eigenvalue weighted by Crippen LogP contribution is -2.49. The van der Waals surface area contributed by atoms with E-state index in [0.29, 0.717) is 19.5 Å². The Morgan fingerprint density at radius 3 is 2.65 bits per heavy atom. The maximum atomic E-state index is 13.3. The number of carbonyl (C=O) groups excluding carboxylic acids is 1. The first kappa shape index (κ1) is 28.8. The topological polar surface area (TPSA) is 163 Å². The molecule has 0 aromatic heterocycles. The van der Waals surface area contributed by atoms with Crippen molar-refractivity contribution in [2.45, 2.75) is 56.0 Å². The molecular formula is C27H40N6O3S. The fraction of sp³-hybridized carbons (Fsp3) is 0.481. The average molecular weight is 529 g/mol. The number of benzene rings is 2. The van der Waals surface area contributed by atoms with Crippen LogP contribution in [0.3, 0.4) is 0 Å². The highest BCUT2D eigenvalue weighted by Crippen LogP contribution is 2.23. The van der Waals surface area contributed by atoms with Gasteiger partial charge in [0.05, 0.1) is 10.7 Å². The molecule has 1 aliphatic heterocycles. The summed E-state index contributed by atoms with van der Waals surface area (Å²) in [4.78, 5) is 13.3. The van der Waals surface area contributed by atoms with E-state index in [2.05, 4.69) is 15.4 Å². The lowest BCUT2D eigenvalue weighted by atomic mass is 9.83. The summed E-state index contributed by atoms with van der Waals surface area (Å²) < 4.78 is 29.3. The summed E-state index contributed by atoms with van der Waals surface area (Å²) in [5.74, 6) is -0.104. The number of amides is 1. The van der Waals surface area contributed by atoms with Crippen molar-refractivity contribution < 1.29 is 13.2 Å². The normalized spacial score (nSPS) is 19.6. The molecule has 4 atom stereocenters. The van der Waals surface area contributed by atoms with Gasteiger partial charge in [-0.15, -0.1) is 0 Å². The zero-order valence-corrected chi connectivity index (χ0v) is 22.3. The summed E-state index contributed by atoms with van der Waals surface area (Å²) in [6.07, 6.45) is 3.39. The number of amidine groups is 1. The maximum Gasteiger partial charge on any atom is 0.241 e. The van der Waals surface area contributed by atoms with Crippen LogP contribution < -0.4 is 26.8 Å². The number of sulfonamides is 1. The standard InChI is InChI=1S/C27H40N6O3S/c1-2-7-24(28)21-10-6-11-22(17-21)37(35,36)33-25(16-19-8-4-3-5-9-19)27(34)32-15-13-20-12-14-31-18-23(20)26(29)30/h3-6,8-11,17,20,23-25,31,33H,2,7,12-16,18,28H2,1H3,(H3,29,30)(H,32,34)/t20?,23?,24?,25-/m0/s1. The van der Waals surface area contributed by atoms with Crippen molar-refractivity contribution in [3.05, 3.63) is 65.7 Å². The fourth-order valence-electron chi connectivity index (χ4n) is 4.81. The Morgan fingerprint density at radius 1 is 1.19 bits per heavy atom. The predicted molar refractivity (Wildman–Crippen MR) is 147 cm³/mol. The van der Waals surface area contributed by atoms with Crippen LogP contribution in [0.5, 0.6) is 0 Å². The molecule has 0 aliphatic carbocycles. The van der Waals surface area contributed by atoms with E-state index >= 15 is 0 Å². The van der Waals surface area contributed by atoms with Gasteiger partial charge in [-0.3, -0.25) is 10.2 Å². The third-order valence-corrected chi connectivity index (χ3v) is 8.40. The quantitative estimate of drug-likeness (QED) is 0.172. The van der Waals surface area contributed by atoms with Crippen molar-refractivity contribution in [3.63, 3.8) is 0 Å². The first-order valence-corrected chi connectivity index (χ1v) is 14.4. The number of hydrogen-bond acceptors (Lipinski definition) is 6. The lowest BCUT2D eigenvalue weighted by Gasteiger charge is -2.31. The Bertz CT molecular complexity index is 1140. The van der Waals surface area contributed by atoms with Gasteiger partial charge in [-0.25, -0.2) is 8.42 Å². The Balaban J connectivity index is 1.73. The van der Waals surface area contributed by atoms with Gasteiger partial charge in [0.15, 0.2) is 0 Å². The largest absolute Gasteiger partial charge is 0.387 e. The van der Waals surface area contributed by atoms with Crippen molar-refractivity contribution in [1.29, 1.82) is 5.41 Å². The van der Waals surface area contributed by atoms with Crippen LogP contribution in [0.2, 0.25) is 0 Å². The number of hydrogen-bond donors (Lipinski definition) is 6. The van der Waals surface area contributed by atoms with Gasteiger partial charge in [-0.2, -0.15) is 4.72 Å². The van der Waals surface area contributed by atoms with E-state index in [9.17, 15) is 13.2 Å². The molecule has 10 heteroatoms. The van der Waals surface area contributed by atoms with Crippen LogP contribution >= 0.6 is 0 Å². The molecule has 2 aromatic carbocycles. The van der Waals surface area contributed by atoms with Crippen molar-refractivity contribution >= 4 is 21.8 Å². The predicted octanol–water partition coefficient (Wildman–Crippen LogP) is 2.04. The second-order valence-corrected chi connectivity index (χ2v) is 11.4. The monoisotopic (exact) mass is 528 g/mol. The van der Waals surface area contributed by atoms with E-state index < -0.39 is 16.1 Å². The lowest BCUT2D eigenvalue weighted by molar-refractivity contribution is -0.122. The SMILES string of the molecule is CCCC(N)c1cccc(S(=O)(=O)N[C@@H](Cc2ccccc2)C(=O)NCCC2CCNCC2C(=N)N)c1. The minimum Gasteiger partial charge on any atom is -0.387 e. The van der Waals surface area contributed by atoms with Crippen LogP contribution in [0.4, 0.5) is 0 Å². The van der Waals surface area contributed by atoms with E-state index in [1.165, 1.54) is 6.07 Å². The van der Waals surface area contributed by atoms with E-state index in [-0.39, 0.29) is 40.9 Å². The number of nitrogens with two attached hydrogens (primary N) is 2. The van der Waals surface area contributed by atoms with Crippen molar-refractivity contribution in [2.24, 2.45) is 23.3 Å². The number of piperidine rings is 1. The Morgan fingerprint density at radius 2 is 1.95 bits per heavy atom. The second kappa shape index (κ2) is 13.7. The average Bonchev–Trinajstić information content (AvgIpc) is 2.89. The molecule has 0 bridgehead atoms. The molecule has 1 fully saturated rings. The summed E-state index contributed by atoms with van der Waals surface area (Å²) in [5, 5.41) is 14.0. The van der Waals surface area contributed by atoms with Gasteiger partial charge >= 0.3 is 0 Å². The third kappa shape index (κ3) is 8.36. The molecule has 3 rings (SSSR count). The first-order valence-electron chi connectivity index (χ1n) is 13.0. The molecule has 0 spiro atoms. The van der Waals surface area contributed by atoms with Crippen molar-refractivity contribution in [1.82, 2.24) is 15.4 Å². The molecule has 2 aromatic rings. The van der Waals surface area contributed by atoms with E-state index in [1.807, 2.05) is 43.3 Å². The van der Waals surface area contributed by atoms with Crippen LogP contribution in [-0.2, 0) is 21.2 Å². The third-order valence-electron chi connectivity index (χ3n) is 6.93. The molecule has 0 saturated carbocycles. The molecular weight excluding hydrogens is 488 g/mol. The zero-order chi connectivity index (χ0) is 26.8. The summed E-state index contributed by atoms with van der Waals surface area (Å²) in [6, 6.07) is 14.7. The van der Waals surface area contributed by atoms with Gasteiger partial charge < -0.3 is 22.1 Å². The highest BCUT2D eigenvalue weighted by Gasteiger charge is 2.29. The van der Waals surface area contributed by atoms with Crippen LogP contribution in [0.15, 0.2) is 59.5 Å². The van der Waals surface area contributed by atoms with Gasteiger partial charge in [-0.05, 0) is 61.4 Å². The highest BCUT2D eigenvalue weighted by atomic mass is 32.2. The second-order valence-electron chi connectivity index (χ2n) is 9.73. The summed E-state index contributed by atoms with van der Waals surface area (Å²) >= 11 is 0. The highest BCUT2D eigenvalue weighted by molar-refractivity contribution is 7.89. The summed E-state index contributed by atoms with van der Waals surface area (Å²) in [5.41, 5.74) is 13.6. The first-order chi connectivity index (χ1) is 17.7. The molecule has 1 aliphatic rings. The summed E-state index contributed by atoms with van der Waals surface area (Å²) in [7, 11) is -3.98. The van der Waals surface area contributed by atoms with Crippen LogP contribution in [0.1, 0.15) is 49.8 Å². The van der Waals surface area contributed by atoms with Crippen LogP contribution in [0.25, 0.3) is 0 Å². The summed E-state index contributed by atoms with van der Waals surface area (Å²) in [6.45, 7) is 3.91. The minimum atomic E-state index is -3.98. The molecule has 1 amide bonds. The van der Waals surface area contributed by atoms with Crippen molar-refractivity contribution in [2.75, 3.05) is 19.6 Å². The van der Waals surface area contributed by atoms with E-state index in [0.717, 1.165) is 36.9 Å². The van der Waals surface area contributed by atoms with Gasteiger partial charge in [0.1, 0.15) is 6.04 Å². The molecule has 1 saturated heterocycles. The van der Waals surface area contributed by atoms with E-state index in [1.54, 1.807) is 12.1 Å². The molecule has 0 radical (unpaired) electrons. The van der Waals surface area contributed by atoms with Gasteiger partial charge in [0, 0.05) is 25.0 Å². The molecule has 37 heavy (non-hydrogen) atoms. The maximum absolute atomic E-state index is 13.3. The number of rotatable bonds is 13. The molecule has 202 valence electrons. The van der Waals surface area contributed by atoms with Crippen LogP contribution in [-0.4, -0.2) is 45.8 Å². The Kier molecular flexibility index (Phi) is 10.6. The van der Waals surface area contributed by atoms with Crippen molar-refractivity contribution in [3.8, 4) is 0 Å². The Labute approximate surface area is 220 Å². The molecule has 8 N–H and O–H groups in total. The van der Waals surface area contributed by atoms with Gasteiger partial charge in [0.2, 0.25) is 15.9 Å². The zero-order valence-electron chi connectivity index (χ0n) is 21.5. The Hall–Kier alpha value is -2.79. The van der Waals surface area contributed by atoms with Gasteiger partial charge in [-0.1, -0.05) is 55.8 Å². The molecule has 3 unspecified atom stereocenters. The van der Waals surface area contributed by atoms with Crippen LogP contribution in [0, 0.1) is 17.2 Å². The minimum absolute atomic E-state index is 0.0596. The fourth-order valence-corrected chi connectivity index (χ4v) is 6.06. The molecule has 9 nitrogen and oxygen atoms in total. The smallest absolute Gasteiger partial charge is 0.241 e. The number of nitrogens with one attached hydrogen (secondary N) is 4.